The Hall–Kier alpha value is -3.53. The first kappa shape index (κ1) is 18.5. The van der Waals surface area contributed by atoms with Gasteiger partial charge in [0, 0.05) is 26.2 Å². The second kappa shape index (κ2) is 6.77. The number of pyridine rings is 2. The quantitative estimate of drug-likeness (QED) is 0.540. The molecule has 0 saturated carbocycles. The highest BCUT2D eigenvalue weighted by atomic mass is 19.1. The van der Waals surface area contributed by atoms with Crippen LogP contribution in [0.4, 0.5) is 14.6 Å². The minimum atomic E-state index is -0.726. The van der Waals surface area contributed by atoms with Gasteiger partial charge in [0.15, 0.2) is 22.7 Å². The highest BCUT2D eigenvalue weighted by Crippen LogP contribution is 2.26. The molecule has 0 spiro atoms. The van der Waals surface area contributed by atoms with Crippen molar-refractivity contribution in [1.29, 1.82) is 0 Å². The maximum absolute atomic E-state index is 15.0. The molecular weight excluding hydrogens is 396 g/mol. The molecule has 0 amide bonds. The van der Waals surface area contributed by atoms with Gasteiger partial charge in [-0.05, 0) is 37.4 Å². The van der Waals surface area contributed by atoms with Gasteiger partial charge in [0.1, 0.15) is 5.82 Å². The topological polar surface area (TPSA) is 87.4 Å². The predicted octanol–water partition coefficient (Wildman–Crippen LogP) is 1.85. The van der Waals surface area contributed by atoms with Gasteiger partial charge in [-0.1, -0.05) is 0 Å². The van der Waals surface area contributed by atoms with Crippen LogP contribution in [-0.4, -0.2) is 52.8 Å². The minimum absolute atomic E-state index is 0.0610. The molecule has 3 aromatic heterocycles. The molecular formula is C20H17F2N5O3. The Bertz CT molecular complexity index is 1380. The highest BCUT2D eigenvalue weighted by molar-refractivity contribution is 5.91. The van der Waals surface area contributed by atoms with E-state index < -0.39 is 22.6 Å². The smallest absolute Gasteiger partial charge is 0.293 e. The molecule has 1 aromatic carbocycles. The fourth-order valence-corrected chi connectivity index (χ4v) is 3.76. The highest BCUT2D eigenvalue weighted by Gasteiger charge is 2.24. The van der Waals surface area contributed by atoms with Crippen molar-refractivity contribution in [2.45, 2.75) is 0 Å². The number of piperazine rings is 1. The lowest BCUT2D eigenvalue weighted by molar-refractivity contribution is 0.311. The fourth-order valence-electron chi connectivity index (χ4n) is 3.76. The van der Waals surface area contributed by atoms with Crippen molar-refractivity contribution >= 4 is 28.0 Å². The molecule has 0 bridgehead atoms. The average molecular weight is 413 g/mol. The van der Waals surface area contributed by atoms with E-state index in [2.05, 4.69) is 15.0 Å². The zero-order chi connectivity index (χ0) is 21.0. The lowest BCUT2D eigenvalue weighted by atomic mass is 10.2. The zero-order valence-electron chi connectivity index (χ0n) is 16.0. The fraction of sp³-hybridized carbons (Fsp3) is 0.250. The number of benzene rings is 1. The summed E-state index contributed by atoms with van der Waals surface area (Å²) in [5.74, 6) is -0.981. The number of nitrogens with zero attached hydrogens (tertiary/aromatic N) is 4. The van der Waals surface area contributed by atoms with Crippen LogP contribution in [-0.2, 0) is 0 Å². The molecule has 1 aliphatic rings. The van der Waals surface area contributed by atoms with Crippen LogP contribution in [0, 0.1) is 11.6 Å². The lowest BCUT2D eigenvalue weighted by Crippen LogP contribution is -2.45. The summed E-state index contributed by atoms with van der Waals surface area (Å²) in [4.78, 5) is 33.5. The largest absolute Gasteiger partial charge is 0.359 e. The Morgan fingerprint density at radius 3 is 2.47 bits per heavy atom. The van der Waals surface area contributed by atoms with Crippen molar-refractivity contribution in [2.24, 2.45) is 0 Å². The number of nitrogens with one attached hydrogen (secondary N) is 1. The molecule has 1 aliphatic heterocycles. The van der Waals surface area contributed by atoms with Crippen LogP contribution >= 0.6 is 0 Å². The van der Waals surface area contributed by atoms with Crippen LogP contribution < -0.4 is 15.9 Å². The maximum atomic E-state index is 15.0. The second-order valence-corrected chi connectivity index (χ2v) is 7.31. The van der Waals surface area contributed by atoms with Crippen molar-refractivity contribution in [3.05, 3.63) is 62.5 Å². The van der Waals surface area contributed by atoms with Crippen molar-refractivity contribution in [2.75, 3.05) is 38.1 Å². The third kappa shape index (κ3) is 2.79. The number of fused-ring (bicyclic) bond motifs is 2. The third-order valence-electron chi connectivity index (χ3n) is 5.39. The van der Waals surface area contributed by atoms with Gasteiger partial charge < -0.3 is 14.3 Å². The molecule has 4 heterocycles. The van der Waals surface area contributed by atoms with Crippen LogP contribution in [0.1, 0.15) is 0 Å². The van der Waals surface area contributed by atoms with Crippen molar-refractivity contribution in [1.82, 2.24) is 19.6 Å². The summed E-state index contributed by atoms with van der Waals surface area (Å²) >= 11 is 0. The van der Waals surface area contributed by atoms with Gasteiger partial charge in [-0.3, -0.25) is 14.2 Å². The second-order valence-electron chi connectivity index (χ2n) is 7.31. The van der Waals surface area contributed by atoms with Crippen LogP contribution in [0.2, 0.25) is 0 Å². The summed E-state index contributed by atoms with van der Waals surface area (Å²) in [7, 11) is 1.98. The first-order valence-corrected chi connectivity index (χ1v) is 9.40. The van der Waals surface area contributed by atoms with Crippen LogP contribution in [0.3, 0.4) is 0 Å². The molecule has 10 heteroatoms. The Balaban J connectivity index is 1.85. The molecule has 1 fully saturated rings. The molecule has 0 unspecified atom stereocenters. The van der Waals surface area contributed by atoms with E-state index >= 15 is 0 Å². The zero-order valence-corrected chi connectivity index (χ0v) is 16.0. The molecule has 4 aromatic rings. The van der Waals surface area contributed by atoms with Gasteiger partial charge >= 0.3 is 0 Å². The number of aromatic nitrogens is 3. The van der Waals surface area contributed by atoms with E-state index in [4.69, 9.17) is 4.52 Å². The molecule has 30 heavy (non-hydrogen) atoms. The average Bonchev–Trinajstić information content (AvgIpc) is 3.12. The number of likely N-dealkylation sites (N-methyl/N-ethyl adjacent to an activating group) is 1. The molecule has 1 saturated heterocycles. The first-order valence-electron chi connectivity index (χ1n) is 9.40. The summed E-state index contributed by atoms with van der Waals surface area (Å²) in [6.45, 7) is 2.65. The summed E-state index contributed by atoms with van der Waals surface area (Å²) in [5, 5.41) is 1.84. The Morgan fingerprint density at radius 2 is 1.77 bits per heavy atom. The van der Waals surface area contributed by atoms with Crippen LogP contribution in [0.15, 0.2) is 44.4 Å². The van der Waals surface area contributed by atoms with Gasteiger partial charge in [-0.15, -0.1) is 0 Å². The standard InChI is InChI=1S/C20H17F2N5O3/c1-25-6-8-26(9-7-25)18-14(22)10-13-16(28)15-19(29)24-30-20(15)27(17(13)23-18)12-4-2-11(21)3-5-12/h2-5,10H,6-9H2,1H3,(H,24,29). The van der Waals surface area contributed by atoms with E-state index in [1.54, 1.807) is 0 Å². The molecule has 0 aliphatic carbocycles. The first-order chi connectivity index (χ1) is 14.4. The normalized spacial score (nSPS) is 15.4. The van der Waals surface area contributed by atoms with Crippen LogP contribution in [0.25, 0.3) is 27.8 Å². The number of anilines is 1. The van der Waals surface area contributed by atoms with Crippen molar-refractivity contribution < 1.29 is 13.3 Å². The number of hydrogen-bond acceptors (Lipinski definition) is 6. The molecule has 8 nitrogen and oxygen atoms in total. The molecule has 0 atom stereocenters. The van der Waals surface area contributed by atoms with E-state index in [9.17, 15) is 18.4 Å². The Kier molecular flexibility index (Phi) is 4.17. The maximum Gasteiger partial charge on any atom is 0.293 e. The number of hydrogen-bond donors (Lipinski definition) is 1. The molecule has 0 radical (unpaired) electrons. The SMILES string of the molecule is CN1CCN(c2nc3c(cc2F)c(=O)c2c(=O)[nH]oc2n3-c2ccc(F)cc2)CC1. The number of H-pyrrole nitrogens is 1. The minimum Gasteiger partial charge on any atom is -0.359 e. The van der Waals surface area contributed by atoms with Crippen molar-refractivity contribution in [3.8, 4) is 5.69 Å². The number of aromatic amines is 1. The van der Waals surface area contributed by atoms with Gasteiger partial charge in [0.2, 0.25) is 11.1 Å². The number of rotatable bonds is 2. The Labute approximate surface area is 167 Å². The molecule has 5 rings (SSSR count). The van der Waals surface area contributed by atoms with Crippen LogP contribution in [0.5, 0.6) is 0 Å². The third-order valence-corrected chi connectivity index (χ3v) is 5.39. The van der Waals surface area contributed by atoms with Gasteiger partial charge in [0.05, 0.1) is 11.1 Å². The predicted molar refractivity (Wildman–Crippen MR) is 107 cm³/mol. The molecule has 154 valence electrons. The monoisotopic (exact) mass is 413 g/mol. The summed E-state index contributed by atoms with van der Waals surface area (Å²) in [5.41, 5.74) is -0.927. The van der Waals surface area contributed by atoms with E-state index in [0.29, 0.717) is 18.8 Å². The van der Waals surface area contributed by atoms with E-state index in [-0.39, 0.29) is 28.0 Å². The lowest BCUT2D eigenvalue weighted by Gasteiger charge is -2.33. The van der Waals surface area contributed by atoms with Gasteiger partial charge in [0.25, 0.3) is 5.56 Å². The van der Waals surface area contributed by atoms with E-state index in [1.165, 1.54) is 28.8 Å². The molecule has 1 N–H and O–H groups in total. The summed E-state index contributed by atoms with van der Waals surface area (Å²) in [6, 6.07) is 6.50. The summed E-state index contributed by atoms with van der Waals surface area (Å²) < 4.78 is 35.1. The Morgan fingerprint density at radius 1 is 1.07 bits per heavy atom. The van der Waals surface area contributed by atoms with Gasteiger partial charge in [-0.2, -0.15) is 5.16 Å². The summed E-state index contributed by atoms with van der Waals surface area (Å²) in [6.07, 6.45) is 0. The van der Waals surface area contributed by atoms with E-state index in [1.807, 2.05) is 11.9 Å². The number of halogens is 2. The van der Waals surface area contributed by atoms with Gasteiger partial charge in [-0.25, -0.2) is 13.8 Å². The van der Waals surface area contributed by atoms with E-state index in [0.717, 1.165) is 19.2 Å². The van der Waals surface area contributed by atoms with Crippen molar-refractivity contribution in [3.63, 3.8) is 0 Å².